The van der Waals surface area contributed by atoms with Gasteiger partial charge in [0.15, 0.2) is 0 Å². The van der Waals surface area contributed by atoms with E-state index in [1.54, 1.807) is 0 Å². The Morgan fingerprint density at radius 2 is 0.577 bits per heavy atom. The monoisotopic (exact) mass is 1530 g/mol. The first kappa shape index (κ1) is 94.9. The van der Waals surface area contributed by atoms with Crippen molar-refractivity contribution in [2.24, 2.45) is 46.3 Å². The number of hydrogen-bond donors (Lipinski definition) is 0. The molecule has 2 heterocycles. The number of benzene rings is 4. The number of carbonyl (C=O) groups excluding carboxylic acids is 2. The smallest absolute Gasteiger partial charge is 0.133 e. The van der Waals surface area contributed by atoms with Crippen LogP contribution in [0.5, 0.6) is 23.0 Å². The first-order valence-corrected chi connectivity index (χ1v) is 48.0. The minimum Gasteiger partial charge on any atom is -0.457 e. The number of fused-ring (bicyclic) bond motifs is 4. The van der Waals surface area contributed by atoms with Crippen LogP contribution < -0.4 is 29.1 Å². The molecule has 0 spiro atoms. The van der Waals surface area contributed by atoms with E-state index in [1.807, 2.05) is 0 Å². The normalized spacial score (nSPS) is 15.5. The number of aldehydes is 2. The molecule has 0 radical (unpaired) electrons. The van der Waals surface area contributed by atoms with E-state index in [4.69, 9.17) is 9.47 Å². The molecule has 8 unspecified atom stereocenters. The van der Waals surface area contributed by atoms with E-state index in [0.29, 0.717) is 0 Å². The van der Waals surface area contributed by atoms with Crippen LogP contribution in [-0.4, -0.2) is 64.9 Å². The van der Waals surface area contributed by atoms with E-state index in [-0.39, 0.29) is 58.2 Å². The van der Waals surface area contributed by atoms with E-state index in [9.17, 15) is 0 Å². The number of nitrogens with zero attached hydrogens (tertiary/aromatic N) is 4. The van der Waals surface area contributed by atoms with Crippen LogP contribution in [0.25, 0.3) is 0 Å². The highest BCUT2D eigenvalue weighted by Gasteiger charge is 2.49. The van der Waals surface area contributed by atoms with Gasteiger partial charge in [-0.2, -0.15) is 0 Å². The van der Waals surface area contributed by atoms with Crippen LogP contribution in [0, 0.1) is 46.3 Å². The first-order chi connectivity index (χ1) is 54.1. The zero-order valence-electron chi connectivity index (χ0n) is 75.2. The molecular formula is C103H172N4O4. The van der Waals surface area contributed by atoms with Gasteiger partial charge in [0.05, 0.1) is 0 Å². The van der Waals surface area contributed by atoms with Crippen molar-refractivity contribution in [3.8, 4) is 23.0 Å². The number of hydrogen-bond acceptors (Lipinski definition) is 8. The minimum absolute atomic E-state index is 0.0249. The summed E-state index contributed by atoms with van der Waals surface area (Å²) in [6.07, 6.45) is 52.3. The molecule has 0 amide bonds. The lowest BCUT2D eigenvalue weighted by molar-refractivity contribution is -0.116. The fourth-order valence-electron chi connectivity index (χ4n) is 19.5. The molecule has 0 saturated heterocycles. The van der Waals surface area contributed by atoms with Gasteiger partial charge >= 0.3 is 0 Å². The summed E-state index contributed by atoms with van der Waals surface area (Å²) in [6, 6.07) is 29.5. The Balaban J connectivity index is 1.81. The zero-order valence-corrected chi connectivity index (χ0v) is 75.2. The minimum atomic E-state index is -0.326. The van der Waals surface area contributed by atoms with Crippen molar-refractivity contribution in [1.82, 2.24) is 0 Å². The third kappa shape index (κ3) is 29.3. The van der Waals surface area contributed by atoms with Gasteiger partial charge in [-0.25, -0.2) is 0 Å². The Labute approximate surface area is 685 Å². The fourth-order valence-corrected chi connectivity index (χ4v) is 19.5. The molecule has 8 nitrogen and oxygen atoms in total. The molecule has 0 fully saturated rings. The van der Waals surface area contributed by atoms with Crippen LogP contribution in [0.3, 0.4) is 0 Å². The summed E-state index contributed by atoms with van der Waals surface area (Å²) in [6.45, 7) is 46.1. The maximum Gasteiger partial charge on any atom is 0.133 e. The first-order valence-electron chi connectivity index (χ1n) is 48.0. The third-order valence-electron chi connectivity index (χ3n) is 27.1. The highest BCUT2D eigenvalue weighted by atomic mass is 16.5. The van der Waals surface area contributed by atoms with Crippen LogP contribution in [0.2, 0.25) is 0 Å². The van der Waals surface area contributed by atoms with Gasteiger partial charge in [-0.05, 0) is 142 Å². The lowest BCUT2D eigenvalue weighted by Crippen LogP contribution is -2.40. The van der Waals surface area contributed by atoms with Gasteiger partial charge in [0, 0.05) is 145 Å². The Bertz CT molecular complexity index is 2970. The maximum atomic E-state index is 16.3. The average molecular weight is 1530 g/mol. The highest BCUT2D eigenvalue weighted by Crippen LogP contribution is 2.60. The van der Waals surface area contributed by atoms with Crippen LogP contribution in [0.15, 0.2) is 72.8 Å². The van der Waals surface area contributed by atoms with Crippen molar-refractivity contribution >= 4 is 35.3 Å². The molecule has 4 aromatic rings. The van der Waals surface area contributed by atoms with Gasteiger partial charge in [0.25, 0.3) is 0 Å². The van der Waals surface area contributed by atoms with Crippen LogP contribution >= 0.6 is 0 Å². The van der Waals surface area contributed by atoms with E-state index in [1.165, 1.54) is 147 Å². The SMILES string of the molecule is CCCCCCCCCCC(CC(C=O)C(C(CCCCCCCC)CC(C)(CC)CCCC)C1c2ccc(N(CCCC)CCCC)cc2Oc2cc(N(CCCC)CCCC)ccc21)C(C(C=O)CC(C)(CC)CCCC)C1c2ccc(N(CCCC)CCCC)cc2Oc2cc(N(CCCC)CCCC)ccc21. The van der Waals surface area contributed by atoms with Crippen molar-refractivity contribution < 1.29 is 19.1 Å². The summed E-state index contributed by atoms with van der Waals surface area (Å²) < 4.78 is 15.3. The van der Waals surface area contributed by atoms with Crippen LogP contribution in [0.4, 0.5) is 22.7 Å². The molecule has 2 aliphatic heterocycles. The van der Waals surface area contributed by atoms with Gasteiger partial charge in [0.2, 0.25) is 0 Å². The molecule has 0 saturated carbocycles. The lowest BCUT2D eigenvalue weighted by atomic mass is 9.57. The van der Waals surface area contributed by atoms with Crippen molar-refractivity contribution in [1.29, 1.82) is 0 Å². The molecule has 8 heteroatoms. The summed E-state index contributed by atoms with van der Waals surface area (Å²) in [5, 5.41) is 0. The summed E-state index contributed by atoms with van der Waals surface area (Å²) in [5.74, 6) is 3.10. The summed E-state index contributed by atoms with van der Waals surface area (Å²) in [7, 11) is 0. The maximum absolute atomic E-state index is 16.3. The molecule has 2 aliphatic rings. The highest BCUT2D eigenvalue weighted by molar-refractivity contribution is 5.68. The second-order valence-corrected chi connectivity index (χ2v) is 36.1. The molecule has 6 rings (SSSR count). The Morgan fingerprint density at radius 3 is 0.856 bits per heavy atom. The molecule has 8 atom stereocenters. The standard InChI is InChI=1S/C103H172N4O4/c1-17-31-43-45-47-48-50-51-53-82(98(85(81-109)79-103(16,30-14)64-34-20-4)100-90-59-55-86(104(65-35-21-5)66-36-22-6)74-94(90)110-95-75-87(56-60-91(95)100)105(67-37-23-7)68-38-24-8)73-84(80-108)99(83(54-52-49-46-44-32-18-2)78-102(15,29-13)63-33-19-3)101-92-61-57-88(106(69-39-25-9)70-40-26-10)76-96(92)111-97-77-89(58-62-93(97)101)107(71-41-27-11)72-42-28-12/h55-62,74-77,80-85,98-101H,17-54,63-73,78-79H2,1-16H3. The zero-order chi connectivity index (χ0) is 80.2. The summed E-state index contributed by atoms with van der Waals surface area (Å²) in [4.78, 5) is 42.5. The van der Waals surface area contributed by atoms with E-state index >= 15 is 9.59 Å². The predicted octanol–water partition coefficient (Wildman–Crippen LogP) is 31.2. The summed E-state index contributed by atoms with van der Waals surface area (Å²) in [5.41, 5.74) is 9.94. The third-order valence-corrected chi connectivity index (χ3v) is 27.1. The molecule has 4 aromatic carbocycles. The van der Waals surface area contributed by atoms with Crippen LogP contribution in [0.1, 0.15) is 421 Å². The van der Waals surface area contributed by atoms with Gasteiger partial charge in [-0.15, -0.1) is 0 Å². The number of unbranched alkanes of at least 4 members (excludes halogenated alkanes) is 22. The number of rotatable bonds is 66. The molecule has 628 valence electrons. The van der Waals surface area contributed by atoms with Crippen LogP contribution in [-0.2, 0) is 9.59 Å². The van der Waals surface area contributed by atoms with Crippen molar-refractivity contribution in [2.75, 3.05) is 72.0 Å². The van der Waals surface area contributed by atoms with E-state index in [2.05, 4.69) is 203 Å². The van der Waals surface area contributed by atoms with E-state index < -0.39 is 0 Å². The fraction of sp³-hybridized carbons (Fsp3) is 0.748. The molecule has 0 bridgehead atoms. The molecule has 111 heavy (non-hydrogen) atoms. The average Bonchev–Trinajstić information content (AvgIpc) is 0.744. The topological polar surface area (TPSA) is 65.6 Å². The quantitative estimate of drug-likeness (QED) is 0.0320. The van der Waals surface area contributed by atoms with E-state index in [0.717, 1.165) is 262 Å². The Kier molecular flexibility index (Phi) is 45.5. The van der Waals surface area contributed by atoms with Crippen molar-refractivity contribution in [2.45, 2.75) is 399 Å². The van der Waals surface area contributed by atoms with Gasteiger partial charge < -0.3 is 38.7 Å². The second kappa shape index (κ2) is 53.3. The molecule has 0 aliphatic carbocycles. The lowest BCUT2D eigenvalue weighted by Gasteiger charge is -2.47. The van der Waals surface area contributed by atoms with Gasteiger partial charge in [-0.1, -0.05) is 328 Å². The largest absolute Gasteiger partial charge is 0.457 e. The van der Waals surface area contributed by atoms with Crippen molar-refractivity contribution in [3.63, 3.8) is 0 Å². The van der Waals surface area contributed by atoms with Gasteiger partial charge in [0.1, 0.15) is 35.6 Å². The molecular weight excluding hydrogens is 1360 g/mol. The summed E-state index contributed by atoms with van der Waals surface area (Å²) >= 11 is 0. The number of anilines is 4. The molecule has 0 aromatic heterocycles. The molecule has 0 N–H and O–H groups in total. The number of carbonyl (C=O) groups is 2. The Hall–Kier alpha value is -4.98. The second-order valence-electron chi connectivity index (χ2n) is 36.1. The predicted molar refractivity (Wildman–Crippen MR) is 486 cm³/mol. The van der Waals surface area contributed by atoms with Crippen molar-refractivity contribution in [3.05, 3.63) is 95.1 Å². The van der Waals surface area contributed by atoms with Gasteiger partial charge in [-0.3, -0.25) is 0 Å². The Morgan fingerprint density at radius 1 is 0.315 bits per heavy atom. The number of ether oxygens (including phenoxy) is 2.